The summed E-state index contributed by atoms with van der Waals surface area (Å²) in [6, 6.07) is 2.64. The van der Waals surface area contributed by atoms with E-state index < -0.39 is 66.9 Å². The third kappa shape index (κ3) is 6.90. The normalized spacial score (nSPS) is 9.17. The van der Waals surface area contributed by atoms with E-state index in [2.05, 4.69) is 5.32 Å². The fraction of sp³-hybridized carbons (Fsp3) is 0.250. The van der Waals surface area contributed by atoms with Crippen LogP contribution >= 0.6 is 0 Å². The van der Waals surface area contributed by atoms with E-state index in [9.17, 15) is 24.5 Å². The minimum atomic E-state index is -2.45. The van der Waals surface area contributed by atoms with Gasteiger partial charge in [-0.3, -0.25) is 0 Å². The number of benzene rings is 1. The van der Waals surface area contributed by atoms with Crippen molar-refractivity contribution < 1.29 is 74.7 Å². The van der Waals surface area contributed by atoms with E-state index in [-0.39, 0.29) is 11.6 Å². The summed E-state index contributed by atoms with van der Waals surface area (Å²) < 4.78 is 11.2. The first-order valence-corrected chi connectivity index (χ1v) is 16.5. The minimum absolute atomic E-state index is 0.164. The van der Waals surface area contributed by atoms with E-state index in [1.54, 1.807) is 0 Å². The van der Waals surface area contributed by atoms with Crippen LogP contribution in [0.2, 0.25) is 0 Å². The van der Waals surface area contributed by atoms with Crippen LogP contribution in [0.25, 0.3) is 0 Å². The number of hydrogen-bond acceptors (Lipinski definition) is 7. The van der Waals surface area contributed by atoms with Crippen molar-refractivity contribution >= 4 is 35.4 Å². The number of carbonyl (C=O) groups excluding carboxylic acids is 3. The molecule has 0 aliphatic heterocycles. The Morgan fingerprint density at radius 1 is 1.04 bits per heavy atom. The number of nitro benzene ring substituents is 1. The van der Waals surface area contributed by atoms with E-state index in [1.807, 2.05) is 0 Å². The Balaban J connectivity index is 3.34. The summed E-state index contributed by atoms with van der Waals surface area (Å²) in [5.74, 6) is -1.27. The van der Waals surface area contributed by atoms with Crippen LogP contribution in [0.15, 0.2) is 12.1 Å². The molecular formula is C12H12Hg2N2O7. The van der Waals surface area contributed by atoms with Gasteiger partial charge < -0.3 is 0 Å². The zero-order valence-electron chi connectivity index (χ0n) is 12.9. The first kappa shape index (κ1) is 19.9. The molecule has 0 unspecified atom stereocenters. The quantitative estimate of drug-likeness (QED) is 0.251. The van der Waals surface area contributed by atoms with Crippen molar-refractivity contribution in [3.63, 3.8) is 0 Å². The second kappa shape index (κ2) is 9.26. The molecule has 0 fully saturated rings. The molecule has 0 aliphatic carbocycles. The average Bonchev–Trinajstić information content (AvgIpc) is 2.43. The van der Waals surface area contributed by atoms with Crippen LogP contribution < -0.4 is 11.5 Å². The molecule has 1 aromatic rings. The number of rotatable bonds is 6. The summed E-state index contributed by atoms with van der Waals surface area (Å²) in [5.41, 5.74) is 0.248. The van der Waals surface area contributed by atoms with Crippen molar-refractivity contribution in [3.8, 4) is 0 Å². The Kier molecular flexibility index (Phi) is 8.03. The predicted molar refractivity (Wildman–Crippen MR) is 70.2 cm³/mol. The maximum absolute atomic E-state index is 11.4. The molecular weight excluding hydrogens is 685 g/mol. The number of nitro groups is 1. The van der Waals surface area contributed by atoms with Gasteiger partial charge in [0.25, 0.3) is 0 Å². The van der Waals surface area contributed by atoms with Crippen LogP contribution in [-0.4, -0.2) is 22.8 Å². The van der Waals surface area contributed by atoms with Crippen LogP contribution in [0, 0.1) is 10.1 Å². The Hall–Kier alpha value is -1.10. The zero-order chi connectivity index (χ0) is 17.6. The van der Waals surface area contributed by atoms with Gasteiger partial charge in [-0.05, 0) is 0 Å². The van der Waals surface area contributed by atoms with Gasteiger partial charge in [0.2, 0.25) is 0 Å². The molecule has 1 N–H and O–H groups in total. The molecule has 0 atom stereocenters. The number of anilines is 1. The summed E-state index contributed by atoms with van der Waals surface area (Å²) in [5, 5.41) is 13.7. The van der Waals surface area contributed by atoms with E-state index in [1.165, 1.54) is 32.9 Å². The van der Waals surface area contributed by atoms with E-state index >= 15 is 0 Å². The van der Waals surface area contributed by atoms with Crippen LogP contribution in [0.4, 0.5) is 11.4 Å². The van der Waals surface area contributed by atoms with Gasteiger partial charge in [-0.2, -0.15) is 0 Å². The van der Waals surface area contributed by atoms with Crippen LogP contribution in [-0.2, 0) is 69.7 Å². The van der Waals surface area contributed by atoms with Crippen molar-refractivity contribution in [2.45, 2.75) is 20.8 Å². The molecule has 0 radical (unpaired) electrons. The predicted octanol–water partition coefficient (Wildman–Crippen LogP) is -0.0750. The number of carbonyl (C=O) groups is 3. The molecule has 0 bridgehead atoms. The molecule has 11 heteroatoms. The summed E-state index contributed by atoms with van der Waals surface area (Å²) in [6.45, 7) is 3.82. The van der Waals surface area contributed by atoms with Crippen LogP contribution in [0.5, 0.6) is 0 Å². The molecule has 1 rings (SSSR count). The SMILES string of the molecule is CC(=O)Nc1[c]([Hg][O]C(C)=O)cc([N+](=O)[O-])c[c]1[Hg][O]C(C)=O. The summed E-state index contributed by atoms with van der Waals surface area (Å²) in [6.07, 6.45) is 0. The Morgan fingerprint density at radius 3 is 1.78 bits per heavy atom. The molecule has 0 heterocycles. The van der Waals surface area contributed by atoms with Gasteiger partial charge in [0, 0.05) is 0 Å². The molecule has 0 spiro atoms. The number of nitrogens with one attached hydrogen (secondary N) is 1. The second-order valence-electron chi connectivity index (χ2n) is 4.64. The fourth-order valence-corrected chi connectivity index (χ4v) is 14.2. The number of amides is 1. The Labute approximate surface area is 157 Å². The van der Waals surface area contributed by atoms with Gasteiger partial charge in [-0.15, -0.1) is 0 Å². The maximum atomic E-state index is 11.4. The van der Waals surface area contributed by atoms with E-state index in [0.29, 0.717) is 11.8 Å². The third-order valence-corrected chi connectivity index (χ3v) is 13.7. The van der Waals surface area contributed by atoms with Gasteiger partial charge in [-0.1, -0.05) is 0 Å². The zero-order valence-corrected chi connectivity index (χ0v) is 23.9. The van der Waals surface area contributed by atoms with Crippen molar-refractivity contribution in [1.82, 2.24) is 0 Å². The summed E-state index contributed by atoms with van der Waals surface area (Å²) in [4.78, 5) is 44.0. The molecule has 0 aromatic heterocycles. The fourth-order valence-electron chi connectivity index (χ4n) is 1.78. The van der Waals surface area contributed by atoms with Crippen molar-refractivity contribution in [2.24, 2.45) is 0 Å². The summed E-state index contributed by atoms with van der Waals surface area (Å²) in [7, 11) is 0. The van der Waals surface area contributed by atoms with E-state index in [0.717, 1.165) is 0 Å². The molecule has 0 aliphatic rings. The molecule has 0 saturated heterocycles. The van der Waals surface area contributed by atoms with Gasteiger partial charge in [-0.25, -0.2) is 0 Å². The Morgan fingerprint density at radius 2 is 1.48 bits per heavy atom. The van der Waals surface area contributed by atoms with Crippen molar-refractivity contribution in [2.75, 3.05) is 5.32 Å². The number of nitrogens with zero attached hydrogens (tertiary/aromatic N) is 1. The van der Waals surface area contributed by atoms with Crippen molar-refractivity contribution in [3.05, 3.63) is 22.2 Å². The van der Waals surface area contributed by atoms with Crippen LogP contribution in [0.3, 0.4) is 0 Å². The monoisotopic (exact) mass is 700 g/mol. The molecule has 23 heavy (non-hydrogen) atoms. The van der Waals surface area contributed by atoms with Crippen molar-refractivity contribution in [1.29, 1.82) is 0 Å². The van der Waals surface area contributed by atoms with Crippen LogP contribution in [0.1, 0.15) is 20.8 Å². The van der Waals surface area contributed by atoms with E-state index in [4.69, 9.17) is 5.29 Å². The third-order valence-electron chi connectivity index (χ3n) is 2.66. The number of hydrogen-bond donors (Lipinski definition) is 1. The Bertz CT molecular complexity index is 624. The van der Waals surface area contributed by atoms with Gasteiger partial charge >= 0.3 is 158 Å². The van der Waals surface area contributed by atoms with Gasteiger partial charge in [0.1, 0.15) is 0 Å². The number of non-ortho nitro benzene ring substituents is 1. The summed E-state index contributed by atoms with van der Waals surface area (Å²) >= 11 is -4.90. The van der Waals surface area contributed by atoms with Gasteiger partial charge in [0.15, 0.2) is 0 Å². The molecule has 1 aromatic carbocycles. The second-order valence-corrected chi connectivity index (χ2v) is 15.0. The van der Waals surface area contributed by atoms with Gasteiger partial charge in [0.05, 0.1) is 0 Å². The topological polar surface area (TPSA) is 125 Å². The molecule has 0 saturated carbocycles. The molecule has 116 valence electrons. The first-order valence-electron chi connectivity index (χ1n) is 6.55. The molecule has 9 nitrogen and oxygen atoms in total. The first-order chi connectivity index (χ1) is 10.7. The molecule has 1 amide bonds. The average molecular weight is 697 g/mol. The standard InChI is InChI=1S/C8H6N2O3.2C2H4O2.2Hg/c1-6(11)9-7-2-4-8(5-3-7)10(12)13;2*1-2(3)4;;/h4-5H,1H3,(H,9,11);2*1H3,(H,3,4);;/q;;;2*+1/p-2.